The highest BCUT2D eigenvalue weighted by atomic mass is 16.4. The van der Waals surface area contributed by atoms with Gasteiger partial charge in [0.1, 0.15) is 42.3 Å². The fourth-order valence-corrected chi connectivity index (χ4v) is 7.11. The summed E-state index contributed by atoms with van der Waals surface area (Å²) in [5.41, 5.74) is 22.7. The number of imidazole rings is 1. The fraction of sp³-hybridized carbons (Fsp3) is 0.442. The molecule has 1 aromatic heterocycles. The van der Waals surface area contributed by atoms with Gasteiger partial charge in [-0.3, -0.25) is 53.1 Å². The molecule has 0 bridgehead atoms. The molecule has 18 N–H and O–H groups in total. The summed E-state index contributed by atoms with van der Waals surface area (Å²) < 4.78 is 0. The van der Waals surface area contributed by atoms with Gasteiger partial charge in [-0.2, -0.15) is 0 Å². The average molecular weight is 961 g/mol. The van der Waals surface area contributed by atoms with Gasteiger partial charge in [0.2, 0.25) is 47.3 Å². The highest BCUT2D eigenvalue weighted by molar-refractivity contribution is 5.99. The van der Waals surface area contributed by atoms with E-state index < -0.39 is 108 Å². The Labute approximate surface area is 395 Å². The second kappa shape index (κ2) is 26.1. The van der Waals surface area contributed by atoms with Crippen LogP contribution in [-0.2, 0) is 56.0 Å². The summed E-state index contributed by atoms with van der Waals surface area (Å²) in [6.07, 6.45) is 1.76. The van der Waals surface area contributed by atoms with Gasteiger partial charge in [-0.15, -0.1) is 0 Å². The summed E-state index contributed by atoms with van der Waals surface area (Å²) in [5.74, 6) is -9.04. The molecule has 69 heavy (non-hydrogen) atoms. The lowest BCUT2D eigenvalue weighted by Gasteiger charge is -2.29. The zero-order valence-electron chi connectivity index (χ0n) is 38.1. The van der Waals surface area contributed by atoms with E-state index in [1.807, 2.05) is 36.4 Å². The van der Waals surface area contributed by atoms with Crippen molar-refractivity contribution in [2.45, 2.75) is 101 Å². The number of aliphatic imine (C=N–C) groups is 2. The Kier molecular flexibility index (Phi) is 20.2. The molecule has 7 atom stereocenters. The number of nitrogens with two attached hydrogens (primary N) is 4. The Morgan fingerprint density at radius 3 is 1.99 bits per heavy atom. The number of carboxylic acid groups (broad SMARTS) is 1. The van der Waals surface area contributed by atoms with Crippen molar-refractivity contribution in [3.63, 3.8) is 0 Å². The Morgan fingerprint density at radius 1 is 0.754 bits per heavy atom. The summed E-state index contributed by atoms with van der Waals surface area (Å²) >= 11 is 0. The molecule has 0 spiro atoms. The van der Waals surface area contributed by atoms with Gasteiger partial charge in [0.05, 0.1) is 12.7 Å². The van der Waals surface area contributed by atoms with Crippen molar-refractivity contribution in [3.05, 3.63) is 66.2 Å². The van der Waals surface area contributed by atoms with E-state index in [-0.39, 0.29) is 63.5 Å². The number of hydrogen-bond acceptors (Lipinski definition) is 12. The SMILES string of the molecule is CC(=O)N[C@@H](CCCN=C(N)N)C(=O)N[C@@H](C)C(=O)N[C@H]1CNC(=O)[C@@H](CC(=O)O)NC(=O)[C@H](Cc2cnc[nH]2)NC(=O)[C@H](Cc2ccc3ccccc3c2)NC(=O)[C@H](CCCN=C(N)N)NC1=O. The van der Waals surface area contributed by atoms with Gasteiger partial charge in [0.15, 0.2) is 11.9 Å². The standard InChI is InChI=1S/C43H60N16O10/c1-22(53-37(65)28(54-23(2)60)9-5-13-49-42(44)45)35(63)59-33-20-51-36(64)32(18-34(61)62)58-40(68)31(17-27-19-48-21-52-27)57-39(67)30(16-24-11-12-25-7-3-4-8-26(25)15-24)56-38(66)29(55-41(33)69)10-6-14-50-43(46)47/h3-4,7-8,11-12,15,19,21-22,28-33H,5-6,9-10,13-14,16-18,20H2,1-2H3,(H,48,52)(H,51,64)(H,53,65)(H,54,60)(H,55,69)(H,56,66)(H,57,67)(H,58,68)(H,59,63)(H,61,62)(H4,44,45,49)(H4,46,47,50)/t22-,28-,29-,30-,31-,32+,33-/m0/s1. The molecule has 1 aliphatic rings. The highest BCUT2D eigenvalue weighted by Gasteiger charge is 2.35. The molecule has 1 aliphatic heterocycles. The third-order valence-electron chi connectivity index (χ3n) is 10.6. The number of aromatic amines is 1. The van der Waals surface area contributed by atoms with Gasteiger partial charge in [-0.1, -0.05) is 42.5 Å². The van der Waals surface area contributed by atoms with Crippen LogP contribution in [0.1, 0.15) is 57.2 Å². The number of rotatable bonds is 19. The number of H-pyrrole nitrogens is 1. The summed E-state index contributed by atoms with van der Waals surface area (Å²) in [5, 5.41) is 31.6. The first-order chi connectivity index (χ1) is 32.8. The number of guanidine groups is 2. The van der Waals surface area contributed by atoms with Gasteiger partial charge in [-0.05, 0) is 48.9 Å². The molecule has 0 saturated carbocycles. The van der Waals surface area contributed by atoms with Crippen molar-refractivity contribution in [3.8, 4) is 0 Å². The molecular formula is C43H60N16O10. The molecule has 3 aromatic rings. The summed E-state index contributed by atoms with van der Waals surface area (Å²) in [4.78, 5) is 136. The summed E-state index contributed by atoms with van der Waals surface area (Å²) in [6, 6.07) is 2.51. The molecule has 0 radical (unpaired) electrons. The van der Waals surface area contributed by atoms with Crippen LogP contribution in [0.2, 0.25) is 0 Å². The number of carbonyl (C=O) groups is 9. The number of nitrogens with one attached hydrogen (secondary N) is 9. The fourth-order valence-electron chi connectivity index (χ4n) is 7.11. The predicted octanol–water partition coefficient (Wildman–Crippen LogP) is -4.51. The lowest BCUT2D eigenvalue weighted by Crippen LogP contribution is -2.63. The second-order valence-electron chi connectivity index (χ2n) is 16.2. The van der Waals surface area contributed by atoms with Gasteiger partial charge >= 0.3 is 5.97 Å². The van der Waals surface area contributed by atoms with Crippen molar-refractivity contribution in [1.82, 2.24) is 52.5 Å². The summed E-state index contributed by atoms with van der Waals surface area (Å²) in [7, 11) is 0. The average Bonchev–Trinajstić information content (AvgIpc) is 3.81. The molecule has 26 nitrogen and oxygen atoms in total. The van der Waals surface area contributed by atoms with Crippen LogP contribution >= 0.6 is 0 Å². The predicted molar refractivity (Wildman–Crippen MR) is 250 cm³/mol. The molecule has 372 valence electrons. The Hall–Kier alpha value is -8.32. The number of aliphatic carboxylic acids is 1. The van der Waals surface area contributed by atoms with Crippen LogP contribution in [0, 0.1) is 0 Å². The summed E-state index contributed by atoms with van der Waals surface area (Å²) in [6.45, 7) is 1.89. The minimum atomic E-state index is -1.78. The van der Waals surface area contributed by atoms with Crippen molar-refractivity contribution < 1.29 is 48.3 Å². The molecule has 2 aromatic carbocycles. The Balaban J connectivity index is 1.72. The zero-order valence-corrected chi connectivity index (χ0v) is 38.1. The van der Waals surface area contributed by atoms with Gasteiger partial charge in [-0.25, -0.2) is 4.98 Å². The Morgan fingerprint density at radius 2 is 1.36 bits per heavy atom. The minimum absolute atomic E-state index is 0.0134. The van der Waals surface area contributed by atoms with Crippen LogP contribution in [0.25, 0.3) is 10.8 Å². The van der Waals surface area contributed by atoms with E-state index in [9.17, 15) is 48.3 Å². The molecule has 1 fully saturated rings. The van der Waals surface area contributed by atoms with Crippen LogP contribution in [0.5, 0.6) is 0 Å². The van der Waals surface area contributed by atoms with E-state index in [1.54, 1.807) is 6.07 Å². The first-order valence-corrected chi connectivity index (χ1v) is 21.9. The maximum atomic E-state index is 14.4. The molecule has 0 aliphatic carbocycles. The number of benzene rings is 2. The monoisotopic (exact) mass is 960 g/mol. The second-order valence-corrected chi connectivity index (χ2v) is 16.2. The number of carbonyl (C=O) groups excluding carboxylic acids is 8. The minimum Gasteiger partial charge on any atom is -0.481 e. The molecule has 2 heterocycles. The van der Waals surface area contributed by atoms with Crippen LogP contribution in [-0.4, -0.2) is 142 Å². The molecular weight excluding hydrogens is 901 g/mol. The first-order valence-electron chi connectivity index (χ1n) is 21.9. The van der Waals surface area contributed by atoms with Crippen molar-refractivity contribution in [1.29, 1.82) is 0 Å². The quantitative estimate of drug-likeness (QED) is 0.0306. The maximum absolute atomic E-state index is 14.4. The normalized spacial score (nSPS) is 20.0. The van der Waals surface area contributed by atoms with E-state index in [4.69, 9.17) is 22.9 Å². The Bertz CT molecular complexity index is 2390. The van der Waals surface area contributed by atoms with E-state index in [1.165, 1.54) is 26.4 Å². The third-order valence-corrected chi connectivity index (χ3v) is 10.6. The molecule has 1 saturated heterocycles. The van der Waals surface area contributed by atoms with Crippen LogP contribution in [0.4, 0.5) is 0 Å². The highest BCUT2D eigenvalue weighted by Crippen LogP contribution is 2.17. The third kappa shape index (κ3) is 17.8. The lowest BCUT2D eigenvalue weighted by molar-refractivity contribution is -0.141. The van der Waals surface area contributed by atoms with Crippen molar-refractivity contribution in [2.75, 3.05) is 19.6 Å². The topological polar surface area (TPSA) is 428 Å². The number of hydrogen-bond donors (Lipinski definition) is 14. The first kappa shape index (κ1) is 53.3. The number of aromatic nitrogens is 2. The molecule has 8 amide bonds. The van der Waals surface area contributed by atoms with Gasteiger partial charge in [0.25, 0.3) is 0 Å². The smallest absolute Gasteiger partial charge is 0.305 e. The molecule has 4 rings (SSSR count). The van der Waals surface area contributed by atoms with E-state index in [2.05, 4.69) is 62.5 Å². The lowest BCUT2D eigenvalue weighted by atomic mass is 9.99. The van der Waals surface area contributed by atoms with Gasteiger partial charge in [0, 0.05) is 51.3 Å². The largest absolute Gasteiger partial charge is 0.481 e. The van der Waals surface area contributed by atoms with Gasteiger partial charge < -0.3 is 75.6 Å². The van der Waals surface area contributed by atoms with Crippen molar-refractivity contribution >= 4 is 75.9 Å². The number of amides is 8. The van der Waals surface area contributed by atoms with E-state index in [0.717, 1.165) is 10.8 Å². The van der Waals surface area contributed by atoms with Crippen molar-refractivity contribution in [2.24, 2.45) is 32.9 Å². The maximum Gasteiger partial charge on any atom is 0.305 e. The number of carboxylic acids is 1. The molecule has 26 heteroatoms. The van der Waals surface area contributed by atoms with E-state index >= 15 is 0 Å². The molecule has 0 unspecified atom stereocenters. The zero-order chi connectivity index (χ0) is 50.6. The van der Waals surface area contributed by atoms with Crippen LogP contribution < -0.4 is 65.5 Å². The van der Waals surface area contributed by atoms with Crippen LogP contribution in [0.15, 0.2) is 65.0 Å². The van der Waals surface area contributed by atoms with E-state index in [0.29, 0.717) is 11.3 Å². The number of fused-ring (bicyclic) bond motifs is 1. The van der Waals surface area contributed by atoms with Crippen LogP contribution in [0.3, 0.4) is 0 Å². The number of nitrogens with zero attached hydrogens (tertiary/aromatic N) is 3.